The SMILES string of the molecule is O=C(NCc1nccs1)c1nn(CC2CC2)c2c1CN(C(=O)c1ccccc1)CC2. The molecule has 1 saturated carbocycles. The molecule has 2 aliphatic rings. The summed E-state index contributed by atoms with van der Waals surface area (Å²) in [6.07, 6.45) is 4.89. The van der Waals surface area contributed by atoms with Gasteiger partial charge in [0, 0.05) is 47.9 Å². The molecule has 7 nitrogen and oxygen atoms in total. The number of fused-ring (bicyclic) bond motifs is 1. The van der Waals surface area contributed by atoms with Crippen LogP contribution < -0.4 is 5.32 Å². The highest BCUT2D eigenvalue weighted by Crippen LogP contribution is 2.33. The molecule has 1 aromatic carbocycles. The summed E-state index contributed by atoms with van der Waals surface area (Å²) < 4.78 is 2.01. The van der Waals surface area contributed by atoms with E-state index in [2.05, 4.69) is 15.4 Å². The molecular formula is C22H23N5O2S. The van der Waals surface area contributed by atoms with E-state index in [0.29, 0.717) is 43.2 Å². The fourth-order valence-corrected chi connectivity index (χ4v) is 4.44. The van der Waals surface area contributed by atoms with Crippen LogP contribution in [0.3, 0.4) is 0 Å². The van der Waals surface area contributed by atoms with E-state index in [9.17, 15) is 9.59 Å². The van der Waals surface area contributed by atoms with E-state index in [4.69, 9.17) is 0 Å². The number of carbonyl (C=O) groups excluding carboxylic acids is 2. The lowest BCUT2D eigenvalue weighted by Gasteiger charge is -2.28. The number of rotatable bonds is 6. The molecule has 0 atom stereocenters. The van der Waals surface area contributed by atoms with Gasteiger partial charge in [-0.3, -0.25) is 14.3 Å². The molecule has 3 heterocycles. The number of nitrogens with zero attached hydrogens (tertiary/aromatic N) is 4. The number of amides is 2. The van der Waals surface area contributed by atoms with E-state index in [0.717, 1.165) is 22.8 Å². The molecule has 154 valence electrons. The summed E-state index contributed by atoms with van der Waals surface area (Å²) in [5.74, 6) is 0.444. The van der Waals surface area contributed by atoms with Gasteiger partial charge in [0.2, 0.25) is 0 Å². The number of aromatic nitrogens is 3. The summed E-state index contributed by atoms with van der Waals surface area (Å²) in [5.41, 5.74) is 3.08. The first-order chi connectivity index (χ1) is 14.7. The molecule has 0 radical (unpaired) electrons. The van der Waals surface area contributed by atoms with Crippen LogP contribution in [0, 0.1) is 5.92 Å². The Morgan fingerprint density at radius 3 is 2.77 bits per heavy atom. The number of hydrogen-bond acceptors (Lipinski definition) is 5. The van der Waals surface area contributed by atoms with E-state index in [1.54, 1.807) is 6.20 Å². The molecule has 1 aliphatic heterocycles. The molecular weight excluding hydrogens is 398 g/mol. The van der Waals surface area contributed by atoms with Gasteiger partial charge in [0.1, 0.15) is 5.01 Å². The van der Waals surface area contributed by atoms with E-state index in [1.165, 1.54) is 24.2 Å². The lowest BCUT2D eigenvalue weighted by molar-refractivity contribution is 0.0730. The van der Waals surface area contributed by atoms with Crippen molar-refractivity contribution in [2.45, 2.75) is 38.9 Å². The van der Waals surface area contributed by atoms with Crippen molar-refractivity contribution in [1.82, 2.24) is 25.0 Å². The van der Waals surface area contributed by atoms with Gasteiger partial charge in [-0.1, -0.05) is 18.2 Å². The minimum atomic E-state index is -0.204. The summed E-state index contributed by atoms with van der Waals surface area (Å²) in [6, 6.07) is 9.30. The average Bonchev–Trinajstić information content (AvgIpc) is 3.31. The fraction of sp³-hybridized carbons (Fsp3) is 0.364. The molecule has 2 aromatic heterocycles. The number of hydrogen-bond donors (Lipinski definition) is 1. The monoisotopic (exact) mass is 421 g/mol. The molecule has 30 heavy (non-hydrogen) atoms. The highest BCUT2D eigenvalue weighted by molar-refractivity contribution is 7.09. The van der Waals surface area contributed by atoms with Crippen LogP contribution in [0.5, 0.6) is 0 Å². The van der Waals surface area contributed by atoms with Crippen molar-refractivity contribution in [3.05, 3.63) is 69.4 Å². The minimum Gasteiger partial charge on any atom is -0.344 e. The van der Waals surface area contributed by atoms with Crippen molar-refractivity contribution in [3.63, 3.8) is 0 Å². The zero-order valence-corrected chi connectivity index (χ0v) is 17.4. The summed E-state index contributed by atoms with van der Waals surface area (Å²) in [6.45, 7) is 2.28. The third-order valence-corrected chi connectivity index (χ3v) is 6.45. The lowest BCUT2D eigenvalue weighted by atomic mass is 10.0. The second-order valence-corrected chi connectivity index (χ2v) is 8.83. The Bertz CT molecular complexity index is 1060. The maximum atomic E-state index is 13.0. The van der Waals surface area contributed by atoms with Gasteiger partial charge >= 0.3 is 0 Å². The molecule has 0 unspecified atom stereocenters. The number of nitrogens with one attached hydrogen (secondary N) is 1. The second-order valence-electron chi connectivity index (χ2n) is 7.85. The van der Waals surface area contributed by atoms with Crippen LogP contribution in [-0.2, 0) is 26.1 Å². The van der Waals surface area contributed by atoms with Crippen LogP contribution in [0.25, 0.3) is 0 Å². The van der Waals surface area contributed by atoms with Gasteiger partial charge in [-0.05, 0) is 30.9 Å². The standard InChI is InChI=1S/C22H23N5O2S/c28-21(24-12-19-23-9-11-30-19)20-17-14-26(22(29)16-4-2-1-3-5-16)10-8-18(17)27(25-20)13-15-6-7-15/h1-5,9,11,15H,6-8,10,12-14H2,(H,24,28). The Kier molecular flexibility index (Phi) is 5.08. The summed E-state index contributed by atoms with van der Waals surface area (Å²) in [4.78, 5) is 32.0. The minimum absolute atomic E-state index is 0.00895. The highest BCUT2D eigenvalue weighted by Gasteiger charge is 2.32. The first-order valence-electron chi connectivity index (χ1n) is 10.3. The first kappa shape index (κ1) is 19.0. The smallest absolute Gasteiger partial charge is 0.272 e. The molecule has 0 saturated heterocycles. The van der Waals surface area contributed by atoms with Crippen molar-refractivity contribution in [2.24, 2.45) is 5.92 Å². The van der Waals surface area contributed by atoms with Gasteiger partial charge in [0.05, 0.1) is 13.1 Å². The van der Waals surface area contributed by atoms with E-state index < -0.39 is 0 Å². The summed E-state index contributed by atoms with van der Waals surface area (Å²) in [7, 11) is 0. The summed E-state index contributed by atoms with van der Waals surface area (Å²) >= 11 is 1.51. The van der Waals surface area contributed by atoms with Crippen LogP contribution in [0.4, 0.5) is 0 Å². The predicted molar refractivity (Wildman–Crippen MR) is 113 cm³/mol. The quantitative estimate of drug-likeness (QED) is 0.664. The van der Waals surface area contributed by atoms with Gasteiger partial charge < -0.3 is 10.2 Å². The lowest BCUT2D eigenvalue weighted by Crippen LogP contribution is -2.37. The topological polar surface area (TPSA) is 80.1 Å². The molecule has 1 fully saturated rings. The molecule has 8 heteroatoms. The third-order valence-electron chi connectivity index (χ3n) is 5.67. The van der Waals surface area contributed by atoms with Gasteiger partial charge in [-0.15, -0.1) is 11.3 Å². The molecule has 3 aromatic rings. The second kappa shape index (κ2) is 8.02. The third kappa shape index (κ3) is 3.87. The predicted octanol–water partition coefficient (Wildman–Crippen LogP) is 2.88. The number of benzene rings is 1. The van der Waals surface area contributed by atoms with E-state index in [-0.39, 0.29) is 11.8 Å². The van der Waals surface area contributed by atoms with Crippen LogP contribution in [0.15, 0.2) is 41.9 Å². The van der Waals surface area contributed by atoms with Crippen molar-refractivity contribution < 1.29 is 9.59 Å². The van der Waals surface area contributed by atoms with Gasteiger partial charge in [-0.2, -0.15) is 5.10 Å². The first-order valence-corrected chi connectivity index (χ1v) is 11.2. The molecule has 1 N–H and O–H groups in total. The Labute approximate surface area is 178 Å². The Morgan fingerprint density at radius 1 is 1.20 bits per heavy atom. The summed E-state index contributed by atoms with van der Waals surface area (Å²) in [5, 5.41) is 10.4. The normalized spacial score (nSPS) is 15.7. The molecule has 2 amide bonds. The number of thiazole rings is 1. The van der Waals surface area contributed by atoms with Crippen molar-refractivity contribution in [3.8, 4) is 0 Å². The average molecular weight is 422 g/mol. The zero-order valence-electron chi connectivity index (χ0n) is 16.6. The number of carbonyl (C=O) groups is 2. The van der Waals surface area contributed by atoms with Gasteiger partial charge in [-0.25, -0.2) is 4.98 Å². The van der Waals surface area contributed by atoms with Gasteiger partial charge in [0.15, 0.2) is 5.69 Å². The maximum absolute atomic E-state index is 13.0. The molecule has 0 bridgehead atoms. The van der Waals surface area contributed by atoms with E-state index >= 15 is 0 Å². The van der Waals surface area contributed by atoms with Crippen molar-refractivity contribution in [2.75, 3.05) is 6.54 Å². The molecule has 5 rings (SSSR count). The zero-order chi connectivity index (χ0) is 20.5. The Morgan fingerprint density at radius 2 is 2.03 bits per heavy atom. The van der Waals surface area contributed by atoms with Gasteiger partial charge in [0.25, 0.3) is 11.8 Å². The highest BCUT2D eigenvalue weighted by atomic mass is 32.1. The largest absolute Gasteiger partial charge is 0.344 e. The van der Waals surface area contributed by atoms with E-state index in [1.807, 2.05) is 45.3 Å². The Balaban J connectivity index is 1.39. The Hall–Kier alpha value is -3.00. The fourth-order valence-electron chi connectivity index (χ4n) is 3.89. The van der Waals surface area contributed by atoms with Crippen molar-refractivity contribution in [1.29, 1.82) is 0 Å². The van der Waals surface area contributed by atoms with Crippen LogP contribution in [0.1, 0.15) is 50.0 Å². The van der Waals surface area contributed by atoms with Crippen molar-refractivity contribution >= 4 is 23.2 Å². The van der Waals surface area contributed by atoms with Crippen LogP contribution >= 0.6 is 11.3 Å². The molecule has 0 spiro atoms. The maximum Gasteiger partial charge on any atom is 0.272 e. The molecule has 1 aliphatic carbocycles. The van der Waals surface area contributed by atoms with Crippen LogP contribution in [0.2, 0.25) is 0 Å². The van der Waals surface area contributed by atoms with Crippen LogP contribution in [-0.4, -0.2) is 38.0 Å².